The number of carbonyl (C=O) groups is 1. The van der Waals surface area contributed by atoms with Gasteiger partial charge in [-0.15, -0.1) is 10.2 Å². The molecule has 174 valence electrons. The number of hydrogen-bond donors (Lipinski definition) is 1. The number of thioether (sulfide) groups is 1. The third-order valence-corrected chi connectivity index (χ3v) is 6.79. The second kappa shape index (κ2) is 10.5. The summed E-state index contributed by atoms with van der Waals surface area (Å²) in [4.78, 5) is 16.9. The first kappa shape index (κ1) is 22.8. The van der Waals surface area contributed by atoms with Crippen LogP contribution in [0.2, 0.25) is 0 Å². The predicted octanol–water partition coefficient (Wildman–Crippen LogP) is 5.51. The minimum atomic E-state index is -0.0951. The number of benzene rings is 3. The fraction of sp³-hybridized carbons (Fsp3) is 0.143. The Kier molecular flexibility index (Phi) is 6.86. The molecule has 1 amide bonds. The van der Waals surface area contributed by atoms with Crippen molar-refractivity contribution in [3.63, 3.8) is 0 Å². The topological polar surface area (TPSA) is 72.7 Å². The third kappa shape index (κ3) is 5.41. The largest absolute Gasteiger partial charge is 0.349 e. The molecule has 1 atom stereocenters. The highest BCUT2D eigenvalue weighted by atomic mass is 32.2. The highest BCUT2D eigenvalue weighted by molar-refractivity contribution is 7.99. The van der Waals surface area contributed by atoms with Gasteiger partial charge in [-0.05, 0) is 47.0 Å². The van der Waals surface area contributed by atoms with Crippen molar-refractivity contribution in [3.8, 4) is 11.4 Å². The molecule has 7 heteroatoms. The average Bonchev–Trinajstić information content (AvgIpc) is 3.30. The van der Waals surface area contributed by atoms with Gasteiger partial charge in [0.2, 0.25) is 5.91 Å². The van der Waals surface area contributed by atoms with E-state index in [9.17, 15) is 4.79 Å². The standard InChI is InChI=1S/C28H25N5OS/c1-20(24-12-11-22-9-5-6-10-25(22)17-24)30-26(34)19-35-28-32-31-27(23-13-15-29-16-14-23)33(28)18-21-7-3-2-4-8-21/h2-17,20H,18-19H2,1H3,(H,30,34). The molecule has 0 aliphatic rings. The van der Waals surface area contributed by atoms with Crippen molar-refractivity contribution in [2.75, 3.05) is 5.75 Å². The maximum Gasteiger partial charge on any atom is 0.230 e. The molecule has 0 spiro atoms. The fourth-order valence-electron chi connectivity index (χ4n) is 3.99. The zero-order valence-electron chi connectivity index (χ0n) is 19.3. The van der Waals surface area contributed by atoms with Crippen LogP contribution in [0.4, 0.5) is 0 Å². The number of nitrogens with one attached hydrogen (secondary N) is 1. The first-order valence-electron chi connectivity index (χ1n) is 11.5. The Labute approximate surface area is 208 Å². The number of hydrogen-bond acceptors (Lipinski definition) is 5. The van der Waals surface area contributed by atoms with Crippen molar-refractivity contribution in [1.29, 1.82) is 0 Å². The summed E-state index contributed by atoms with van der Waals surface area (Å²) in [5.74, 6) is 0.959. The van der Waals surface area contributed by atoms with Gasteiger partial charge in [0, 0.05) is 18.0 Å². The average molecular weight is 480 g/mol. The number of pyridine rings is 1. The van der Waals surface area contributed by atoms with E-state index in [2.05, 4.69) is 67.5 Å². The minimum Gasteiger partial charge on any atom is -0.349 e. The van der Waals surface area contributed by atoms with Gasteiger partial charge in [-0.1, -0.05) is 78.5 Å². The molecule has 2 aromatic heterocycles. The summed E-state index contributed by atoms with van der Waals surface area (Å²) in [7, 11) is 0. The van der Waals surface area contributed by atoms with Crippen LogP contribution in [-0.4, -0.2) is 31.4 Å². The van der Waals surface area contributed by atoms with Crippen LogP contribution in [0.3, 0.4) is 0 Å². The van der Waals surface area contributed by atoms with Crippen molar-refractivity contribution >= 4 is 28.4 Å². The Balaban J connectivity index is 1.30. The smallest absolute Gasteiger partial charge is 0.230 e. The second-order valence-electron chi connectivity index (χ2n) is 8.30. The lowest BCUT2D eigenvalue weighted by Crippen LogP contribution is -2.28. The van der Waals surface area contributed by atoms with Gasteiger partial charge in [0.1, 0.15) is 0 Å². The molecule has 0 saturated heterocycles. The Morgan fingerprint density at radius 1 is 0.914 bits per heavy atom. The maximum absolute atomic E-state index is 12.8. The number of carbonyl (C=O) groups excluding carboxylic acids is 1. The van der Waals surface area contributed by atoms with Crippen LogP contribution in [0.25, 0.3) is 22.2 Å². The van der Waals surface area contributed by atoms with E-state index in [-0.39, 0.29) is 17.7 Å². The molecule has 0 bridgehead atoms. The van der Waals surface area contributed by atoms with Crippen LogP contribution in [0.15, 0.2) is 102 Å². The molecule has 5 rings (SSSR count). The first-order valence-corrected chi connectivity index (χ1v) is 12.4. The summed E-state index contributed by atoms with van der Waals surface area (Å²) in [6.07, 6.45) is 3.48. The lowest BCUT2D eigenvalue weighted by atomic mass is 10.0. The molecule has 0 aliphatic heterocycles. The number of nitrogens with zero attached hydrogens (tertiary/aromatic N) is 4. The van der Waals surface area contributed by atoms with Crippen LogP contribution >= 0.6 is 11.8 Å². The van der Waals surface area contributed by atoms with Crippen LogP contribution in [0, 0.1) is 0 Å². The van der Waals surface area contributed by atoms with E-state index in [1.807, 2.05) is 49.4 Å². The zero-order valence-corrected chi connectivity index (χ0v) is 20.2. The fourth-order valence-corrected chi connectivity index (χ4v) is 4.74. The van der Waals surface area contributed by atoms with Crippen molar-refractivity contribution in [2.24, 2.45) is 0 Å². The maximum atomic E-state index is 12.8. The van der Waals surface area contributed by atoms with Crippen molar-refractivity contribution in [3.05, 3.63) is 108 Å². The van der Waals surface area contributed by atoms with Gasteiger partial charge < -0.3 is 5.32 Å². The number of rotatable bonds is 8. The van der Waals surface area contributed by atoms with Crippen LogP contribution in [-0.2, 0) is 11.3 Å². The van der Waals surface area contributed by atoms with E-state index in [0.717, 1.165) is 27.9 Å². The summed E-state index contributed by atoms with van der Waals surface area (Å²) in [6, 6.07) is 28.4. The first-order chi connectivity index (χ1) is 17.2. The lowest BCUT2D eigenvalue weighted by Gasteiger charge is -2.15. The quantitative estimate of drug-likeness (QED) is 0.297. The van der Waals surface area contributed by atoms with E-state index >= 15 is 0 Å². The van der Waals surface area contributed by atoms with Gasteiger partial charge >= 0.3 is 0 Å². The summed E-state index contributed by atoms with van der Waals surface area (Å²) in [5.41, 5.74) is 3.15. The van der Waals surface area contributed by atoms with E-state index in [1.165, 1.54) is 17.1 Å². The Bertz CT molecular complexity index is 1440. The van der Waals surface area contributed by atoms with Gasteiger partial charge in [-0.25, -0.2) is 0 Å². The third-order valence-electron chi connectivity index (χ3n) is 5.82. The highest BCUT2D eigenvalue weighted by Gasteiger charge is 2.17. The molecule has 0 saturated carbocycles. The Hall–Kier alpha value is -3.97. The van der Waals surface area contributed by atoms with Crippen LogP contribution in [0.5, 0.6) is 0 Å². The predicted molar refractivity (Wildman–Crippen MR) is 140 cm³/mol. The number of aromatic nitrogens is 4. The SMILES string of the molecule is CC(NC(=O)CSc1nnc(-c2ccncc2)n1Cc1ccccc1)c1ccc2ccccc2c1. The van der Waals surface area contributed by atoms with Crippen LogP contribution in [0.1, 0.15) is 24.1 Å². The molecule has 2 heterocycles. The highest BCUT2D eigenvalue weighted by Crippen LogP contribution is 2.25. The Morgan fingerprint density at radius 3 is 2.46 bits per heavy atom. The molecule has 6 nitrogen and oxygen atoms in total. The van der Waals surface area contributed by atoms with Gasteiger partial charge in [-0.3, -0.25) is 14.3 Å². The van der Waals surface area contributed by atoms with Gasteiger partial charge in [-0.2, -0.15) is 0 Å². The summed E-state index contributed by atoms with van der Waals surface area (Å²) < 4.78 is 2.05. The minimum absolute atomic E-state index is 0.0459. The molecule has 0 aliphatic carbocycles. The van der Waals surface area contributed by atoms with E-state index in [0.29, 0.717) is 11.7 Å². The molecule has 0 radical (unpaired) electrons. The number of fused-ring (bicyclic) bond motifs is 1. The monoisotopic (exact) mass is 479 g/mol. The van der Waals surface area contributed by atoms with Crippen molar-refractivity contribution < 1.29 is 4.79 Å². The summed E-state index contributed by atoms with van der Waals surface area (Å²) in [5, 5.41) is 15.0. The van der Waals surface area contributed by atoms with Crippen LogP contribution < -0.4 is 5.32 Å². The molecule has 1 N–H and O–H groups in total. The van der Waals surface area contributed by atoms with Crippen molar-refractivity contribution in [2.45, 2.75) is 24.7 Å². The number of amides is 1. The second-order valence-corrected chi connectivity index (χ2v) is 9.24. The van der Waals surface area contributed by atoms with Gasteiger partial charge in [0.05, 0.1) is 18.3 Å². The molecule has 0 fully saturated rings. The molecule has 35 heavy (non-hydrogen) atoms. The molecular formula is C28H25N5OS. The Morgan fingerprint density at radius 2 is 1.66 bits per heavy atom. The zero-order chi connectivity index (χ0) is 24.0. The van der Waals surface area contributed by atoms with Gasteiger partial charge in [0.15, 0.2) is 11.0 Å². The van der Waals surface area contributed by atoms with E-state index in [1.54, 1.807) is 12.4 Å². The van der Waals surface area contributed by atoms with E-state index < -0.39 is 0 Å². The molecule has 1 unspecified atom stereocenters. The molecule has 5 aromatic rings. The lowest BCUT2D eigenvalue weighted by molar-refractivity contribution is -0.119. The van der Waals surface area contributed by atoms with Crippen molar-refractivity contribution in [1.82, 2.24) is 25.1 Å². The molecule has 3 aromatic carbocycles. The molecular weight excluding hydrogens is 454 g/mol. The van der Waals surface area contributed by atoms with Gasteiger partial charge in [0.25, 0.3) is 0 Å². The summed E-state index contributed by atoms with van der Waals surface area (Å²) in [6.45, 7) is 2.62. The van der Waals surface area contributed by atoms with E-state index in [4.69, 9.17) is 0 Å². The normalized spacial score (nSPS) is 11.9. The summed E-state index contributed by atoms with van der Waals surface area (Å²) >= 11 is 1.39.